The second-order valence-corrected chi connectivity index (χ2v) is 6.91. The van der Waals surface area contributed by atoms with Crippen molar-refractivity contribution in [3.05, 3.63) is 58.5 Å². The van der Waals surface area contributed by atoms with Crippen LogP contribution in [0.3, 0.4) is 0 Å². The van der Waals surface area contributed by atoms with Crippen LogP contribution in [0.25, 0.3) is 10.9 Å². The van der Waals surface area contributed by atoms with Crippen LogP contribution < -0.4 is 4.90 Å². The average molecular weight is 319 g/mol. The topological polar surface area (TPSA) is 31.9 Å². The van der Waals surface area contributed by atoms with Crippen molar-refractivity contribution < 1.29 is 0 Å². The SMILES string of the molecule is CCCc1ncc(N2CCc3ccccc3C2)c2[nH]c(C)c(C)c12. The van der Waals surface area contributed by atoms with Gasteiger partial charge in [-0.2, -0.15) is 0 Å². The number of aromatic amines is 1. The Morgan fingerprint density at radius 2 is 1.96 bits per heavy atom. The van der Waals surface area contributed by atoms with E-state index in [-0.39, 0.29) is 0 Å². The van der Waals surface area contributed by atoms with Crippen LogP contribution in [0.2, 0.25) is 0 Å². The number of nitrogens with one attached hydrogen (secondary N) is 1. The van der Waals surface area contributed by atoms with Gasteiger partial charge in [0.1, 0.15) is 0 Å². The number of pyridine rings is 1. The zero-order valence-electron chi connectivity index (χ0n) is 14.8. The third kappa shape index (κ3) is 2.39. The van der Waals surface area contributed by atoms with Crippen molar-refractivity contribution in [3.8, 4) is 0 Å². The Hall–Kier alpha value is -2.29. The molecule has 1 aliphatic heterocycles. The smallest absolute Gasteiger partial charge is 0.0801 e. The largest absolute Gasteiger partial charge is 0.364 e. The predicted molar refractivity (Wildman–Crippen MR) is 101 cm³/mol. The molecule has 3 aromatic rings. The summed E-state index contributed by atoms with van der Waals surface area (Å²) in [7, 11) is 0. The highest BCUT2D eigenvalue weighted by molar-refractivity contribution is 5.96. The molecule has 0 radical (unpaired) electrons. The predicted octanol–water partition coefficient (Wildman–Crippen LogP) is 4.69. The van der Waals surface area contributed by atoms with Gasteiger partial charge in [0.15, 0.2) is 0 Å². The van der Waals surface area contributed by atoms with Crippen molar-refractivity contribution in [2.24, 2.45) is 0 Å². The molecule has 3 nitrogen and oxygen atoms in total. The molecule has 0 atom stereocenters. The minimum atomic E-state index is 0.969. The fourth-order valence-electron chi connectivity index (χ4n) is 3.91. The summed E-state index contributed by atoms with van der Waals surface area (Å²) in [4.78, 5) is 10.9. The summed E-state index contributed by atoms with van der Waals surface area (Å²) in [6.07, 6.45) is 5.35. The first kappa shape index (κ1) is 15.3. The van der Waals surface area contributed by atoms with Crippen molar-refractivity contribution in [1.82, 2.24) is 9.97 Å². The van der Waals surface area contributed by atoms with Gasteiger partial charge in [-0.25, -0.2) is 0 Å². The molecule has 0 amide bonds. The third-order valence-electron chi connectivity index (χ3n) is 5.35. The number of benzene rings is 1. The number of rotatable bonds is 3. The number of aromatic nitrogens is 2. The van der Waals surface area contributed by atoms with Gasteiger partial charge in [-0.1, -0.05) is 37.6 Å². The second-order valence-electron chi connectivity index (χ2n) is 6.91. The molecule has 0 spiro atoms. The molecule has 24 heavy (non-hydrogen) atoms. The van der Waals surface area contributed by atoms with Gasteiger partial charge in [0.05, 0.1) is 23.1 Å². The zero-order valence-corrected chi connectivity index (χ0v) is 14.8. The van der Waals surface area contributed by atoms with E-state index in [9.17, 15) is 0 Å². The molecular weight excluding hydrogens is 294 g/mol. The minimum absolute atomic E-state index is 0.969. The number of hydrogen-bond acceptors (Lipinski definition) is 2. The van der Waals surface area contributed by atoms with Crippen LogP contribution in [0.5, 0.6) is 0 Å². The lowest BCUT2D eigenvalue weighted by Crippen LogP contribution is -2.30. The van der Waals surface area contributed by atoms with Crippen molar-refractivity contribution in [3.63, 3.8) is 0 Å². The number of anilines is 1. The number of fused-ring (bicyclic) bond motifs is 2. The average Bonchev–Trinajstić information content (AvgIpc) is 2.90. The van der Waals surface area contributed by atoms with E-state index >= 15 is 0 Å². The molecule has 1 aromatic carbocycles. The van der Waals surface area contributed by atoms with Crippen molar-refractivity contribution in [2.45, 2.75) is 46.6 Å². The van der Waals surface area contributed by atoms with E-state index < -0.39 is 0 Å². The summed E-state index contributed by atoms with van der Waals surface area (Å²) in [6, 6.07) is 8.80. The normalized spacial score (nSPS) is 14.2. The molecule has 1 aliphatic rings. The van der Waals surface area contributed by atoms with Crippen LogP contribution in [0.1, 0.15) is 41.4 Å². The van der Waals surface area contributed by atoms with Crippen LogP contribution in [-0.4, -0.2) is 16.5 Å². The molecule has 124 valence electrons. The summed E-state index contributed by atoms with van der Waals surface area (Å²) < 4.78 is 0. The second kappa shape index (κ2) is 5.97. The summed E-state index contributed by atoms with van der Waals surface area (Å²) in [5.74, 6) is 0. The summed E-state index contributed by atoms with van der Waals surface area (Å²) in [5, 5.41) is 1.34. The molecule has 4 rings (SSSR count). The molecular formula is C21H25N3. The van der Waals surface area contributed by atoms with Gasteiger partial charge in [0.25, 0.3) is 0 Å². The molecule has 0 aliphatic carbocycles. The highest BCUT2D eigenvalue weighted by Gasteiger charge is 2.21. The lowest BCUT2D eigenvalue weighted by atomic mass is 9.99. The maximum absolute atomic E-state index is 4.84. The number of hydrogen-bond donors (Lipinski definition) is 1. The molecule has 0 bridgehead atoms. The summed E-state index contributed by atoms with van der Waals surface area (Å²) >= 11 is 0. The van der Waals surface area contributed by atoms with Crippen LogP contribution in [0.15, 0.2) is 30.5 Å². The molecule has 0 saturated carbocycles. The van der Waals surface area contributed by atoms with E-state index in [0.717, 1.165) is 32.4 Å². The molecule has 1 N–H and O–H groups in total. The first-order valence-corrected chi connectivity index (χ1v) is 8.97. The van der Waals surface area contributed by atoms with Crippen LogP contribution >= 0.6 is 0 Å². The van der Waals surface area contributed by atoms with E-state index in [4.69, 9.17) is 4.98 Å². The Kier molecular flexibility index (Phi) is 3.79. The maximum Gasteiger partial charge on any atom is 0.0801 e. The van der Waals surface area contributed by atoms with Gasteiger partial charge in [0.2, 0.25) is 0 Å². The fraction of sp³-hybridized carbons (Fsp3) is 0.381. The standard InChI is InChI=1S/C21H25N3/c1-4-7-18-20-14(2)15(3)23-21(20)19(12-22-18)24-11-10-16-8-5-6-9-17(16)13-24/h5-6,8-9,12,23H,4,7,10-11,13H2,1-3H3. The van der Waals surface area contributed by atoms with Gasteiger partial charge in [0, 0.05) is 24.2 Å². The lowest BCUT2D eigenvalue weighted by Gasteiger charge is -2.31. The highest BCUT2D eigenvalue weighted by atomic mass is 15.1. The van der Waals surface area contributed by atoms with Crippen molar-refractivity contribution >= 4 is 16.6 Å². The van der Waals surface area contributed by atoms with E-state index in [2.05, 4.69) is 61.1 Å². The molecule has 3 heteroatoms. The van der Waals surface area contributed by atoms with Gasteiger partial charge in [-0.05, 0) is 43.4 Å². The van der Waals surface area contributed by atoms with E-state index in [0.29, 0.717) is 0 Å². The van der Waals surface area contributed by atoms with Gasteiger partial charge < -0.3 is 9.88 Å². The van der Waals surface area contributed by atoms with Crippen LogP contribution in [0, 0.1) is 13.8 Å². The third-order valence-corrected chi connectivity index (χ3v) is 5.35. The van der Waals surface area contributed by atoms with Gasteiger partial charge in [-0.15, -0.1) is 0 Å². The molecule has 0 unspecified atom stereocenters. The Labute approximate surface area is 143 Å². The quantitative estimate of drug-likeness (QED) is 0.759. The summed E-state index contributed by atoms with van der Waals surface area (Å²) in [6.45, 7) is 8.62. The highest BCUT2D eigenvalue weighted by Crippen LogP contribution is 2.34. The van der Waals surface area contributed by atoms with Crippen molar-refractivity contribution in [1.29, 1.82) is 0 Å². The monoisotopic (exact) mass is 319 g/mol. The molecule has 3 heterocycles. The lowest BCUT2D eigenvalue weighted by molar-refractivity contribution is 0.731. The maximum atomic E-state index is 4.84. The summed E-state index contributed by atoms with van der Waals surface area (Å²) in [5.41, 5.74) is 9.28. The van der Waals surface area contributed by atoms with Crippen molar-refractivity contribution in [2.75, 3.05) is 11.4 Å². The Morgan fingerprint density at radius 3 is 2.75 bits per heavy atom. The van der Waals surface area contributed by atoms with E-state index in [1.54, 1.807) is 0 Å². The number of aryl methyl sites for hydroxylation is 3. The Bertz CT molecular complexity index is 891. The minimum Gasteiger partial charge on any atom is -0.364 e. The first-order chi connectivity index (χ1) is 11.7. The van der Waals surface area contributed by atoms with Crippen LogP contribution in [-0.2, 0) is 19.4 Å². The van der Waals surface area contributed by atoms with E-state index in [1.807, 2.05) is 0 Å². The number of H-pyrrole nitrogens is 1. The fourth-order valence-corrected chi connectivity index (χ4v) is 3.91. The molecule has 0 saturated heterocycles. The van der Waals surface area contributed by atoms with Gasteiger partial charge in [-0.3, -0.25) is 4.98 Å². The first-order valence-electron chi connectivity index (χ1n) is 8.97. The van der Waals surface area contributed by atoms with Gasteiger partial charge >= 0.3 is 0 Å². The Balaban J connectivity index is 1.81. The Morgan fingerprint density at radius 1 is 1.17 bits per heavy atom. The number of nitrogens with zero attached hydrogens (tertiary/aromatic N) is 2. The van der Waals surface area contributed by atoms with Crippen LogP contribution in [0.4, 0.5) is 5.69 Å². The zero-order chi connectivity index (χ0) is 16.7. The molecule has 0 fully saturated rings. The van der Waals surface area contributed by atoms with E-state index in [1.165, 1.54) is 44.7 Å². The molecule has 2 aromatic heterocycles.